The fourth-order valence-electron chi connectivity index (χ4n) is 1.92. The van der Waals surface area contributed by atoms with Gasteiger partial charge in [-0.3, -0.25) is 0 Å². The molecule has 2 aromatic carbocycles. The van der Waals surface area contributed by atoms with Crippen LogP contribution in [0.4, 0.5) is 5.69 Å². The lowest BCUT2D eigenvalue weighted by Gasteiger charge is -2.19. The van der Waals surface area contributed by atoms with Crippen molar-refractivity contribution in [3.05, 3.63) is 63.6 Å². The molecule has 1 nitrogen and oxygen atoms in total. The second kappa shape index (κ2) is 6.26. The van der Waals surface area contributed by atoms with Crippen LogP contribution in [-0.2, 0) is 0 Å². The average Bonchev–Trinajstić information content (AvgIpc) is 2.36. The summed E-state index contributed by atoms with van der Waals surface area (Å²) in [5.41, 5.74) is 2.32. The highest BCUT2D eigenvalue weighted by molar-refractivity contribution is 9.10. The van der Waals surface area contributed by atoms with Crippen molar-refractivity contribution in [1.29, 1.82) is 0 Å². The molecule has 1 N–H and O–H groups in total. The molecule has 0 heterocycles. The van der Waals surface area contributed by atoms with Crippen molar-refractivity contribution in [2.75, 3.05) is 5.32 Å². The fourth-order valence-corrected chi connectivity index (χ4v) is 2.52. The summed E-state index contributed by atoms with van der Waals surface area (Å²) in [5, 5.41) is 4.30. The normalized spacial score (nSPS) is 12.2. The van der Waals surface area contributed by atoms with Crippen molar-refractivity contribution in [1.82, 2.24) is 0 Å². The van der Waals surface area contributed by atoms with Gasteiger partial charge in [-0.25, -0.2) is 0 Å². The van der Waals surface area contributed by atoms with Crippen LogP contribution in [-0.4, -0.2) is 0 Å². The average molecular weight is 325 g/mol. The topological polar surface area (TPSA) is 12.0 Å². The molecule has 0 amide bonds. The number of anilines is 1. The molecule has 1 atom stereocenters. The van der Waals surface area contributed by atoms with Gasteiger partial charge in [0.25, 0.3) is 0 Å². The molecular formula is C15H15BrClN. The van der Waals surface area contributed by atoms with Gasteiger partial charge in [-0.05, 0) is 42.3 Å². The zero-order valence-electron chi connectivity index (χ0n) is 10.2. The number of nitrogens with one attached hydrogen (secondary N) is 1. The Labute approximate surface area is 121 Å². The first-order chi connectivity index (χ1) is 8.69. The van der Waals surface area contributed by atoms with E-state index in [1.165, 1.54) is 5.56 Å². The Kier molecular flexibility index (Phi) is 4.67. The van der Waals surface area contributed by atoms with Gasteiger partial charge in [0.05, 0.1) is 6.04 Å². The zero-order chi connectivity index (χ0) is 13.0. The number of hydrogen-bond donors (Lipinski definition) is 1. The Balaban J connectivity index is 2.19. The molecule has 0 saturated heterocycles. The van der Waals surface area contributed by atoms with Crippen LogP contribution in [0.1, 0.15) is 24.9 Å². The first-order valence-electron chi connectivity index (χ1n) is 5.96. The predicted molar refractivity (Wildman–Crippen MR) is 82.2 cm³/mol. The zero-order valence-corrected chi connectivity index (χ0v) is 12.5. The van der Waals surface area contributed by atoms with E-state index in [1.54, 1.807) is 0 Å². The van der Waals surface area contributed by atoms with Gasteiger partial charge in [-0.15, -0.1) is 0 Å². The van der Waals surface area contributed by atoms with Crippen molar-refractivity contribution < 1.29 is 0 Å². The Morgan fingerprint density at radius 2 is 1.94 bits per heavy atom. The van der Waals surface area contributed by atoms with Gasteiger partial charge in [0, 0.05) is 15.2 Å². The lowest BCUT2D eigenvalue weighted by Crippen LogP contribution is -2.09. The molecule has 0 aliphatic heterocycles. The quantitative estimate of drug-likeness (QED) is 0.764. The number of benzene rings is 2. The second-order valence-corrected chi connectivity index (χ2v) is 5.52. The minimum absolute atomic E-state index is 0.276. The van der Waals surface area contributed by atoms with Crippen molar-refractivity contribution in [3.63, 3.8) is 0 Å². The summed E-state index contributed by atoms with van der Waals surface area (Å²) in [6.07, 6.45) is 1.01. The van der Waals surface area contributed by atoms with E-state index in [1.807, 2.05) is 30.3 Å². The van der Waals surface area contributed by atoms with Crippen LogP contribution in [0.3, 0.4) is 0 Å². The van der Waals surface area contributed by atoms with Gasteiger partial charge < -0.3 is 5.32 Å². The smallest absolute Gasteiger partial charge is 0.0511 e. The number of hydrogen-bond acceptors (Lipinski definition) is 1. The van der Waals surface area contributed by atoms with Crippen molar-refractivity contribution in [2.24, 2.45) is 0 Å². The largest absolute Gasteiger partial charge is 0.378 e. The molecule has 0 bridgehead atoms. The van der Waals surface area contributed by atoms with E-state index in [0.29, 0.717) is 0 Å². The van der Waals surface area contributed by atoms with E-state index in [-0.39, 0.29) is 6.04 Å². The number of rotatable bonds is 4. The Hall–Kier alpha value is -0.990. The minimum Gasteiger partial charge on any atom is -0.378 e. The lowest BCUT2D eigenvalue weighted by molar-refractivity contribution is 0.749. The molecule has 2 aromatic rings. The maximum absolute atomic E-state index is 6.04. The highest BCUT2D eigenvalue weighted by atomic mass is 79.9. The predicted octanol–water partition coefficient (Wildman–Crippen LogP) is 5.67. The van der Waals surface area contributed by atoms with Crippen LogP contribution in [0.5, 0.6) is 0 Å². The van der Waals surface area contributed by atoms with Crippen LogP contribution in [0.15, 0.2) is 53.0 Å². The number of halogens is 2. The van der Waals surface area contributed by atoms with E-state index in [2.05, 4.69) is 46.4 Å². The van der Waals surface area contributed by atoms with Crippen LogP contribution < -0.4 is 5.32 Å². The van der Waals surface area contributed by atoms with Gasteiger partial charge in [-0.2, -0.15) is 0 Å². The highest BCUT2D eigenvalue weighted by Crippen LogP contribution is 2.26. The van der Waals surface area contributed by atoms with E-state index < -0.39 is 0 Å². The van der Waals surface area contributed by atoms with Gasteiger partial charge in [0.2, 0.25) is 0 Å². The van der Waals surface area contributed by atoms with E-state index >= 15 is 0 Å². The molecule has 0 radical (unpaired) electrons. The Morgan fingerprint density at radius 1 is 1.17 bits per heavy atom. The standard InChI is InChI=1S/C15H15BrClN/c1-2-15(11-5-3-7-13(17)9-11)18-14-8-4-6-12(16)10-14/h3-10,15,18H,2H2,1H3. The molecule has 18 heavy (non-hydrogen) atoms. The second-order valence-electron chi connectivity index (χ2n) is 4.17. The SMILES string of the molecule is CCC(Nc1cccc(Br)c1)c1cccc(Cl)c1. The Bertz CT molecular complexity index is 527. The molecular weight excluding hydrogens is 310 g/mol. The van der Waals surface area contributed by atoms with Crippen LogP contribution in [0, 0.1) is 0 Å². The van der Waals surface area contributed by atoms with E-state index in [0.717, 1.165) is 21.6 Å². The molecule has 0 spiro atoms. The molecule has 0 aliphatic carbocycles. The molecule has 3 heteroatoms. The molecule has 0 aliphatic rings. The summed E-state index contributed by atoms with van der Waals surface area (Å²) in [6.45, 7) is 2.16. The van der Waals surface area contributed by atoms with Crippen molar-refractivity contribution >= 4 is 33.2 Å². The van der Waals surface area contributed by atoms with Gasteiger partial charge >= 0.3 is 0 Å². The first kappa shape index (κ1) is 13.4. The van der Waals surface area contributed by atoms with Crippen molar-refractivity contribution in [3.8, 4) is 0 Å². The summed E-state index contributed by atoms with van der Waals surface area (Å²) < 4.78 is 1.08. The molecule has 0 aromatic heterocycles. The monoisotopic (exact) mass is 323 g/mol. The summed E-state index contributed by atoms with van der Waals surface area (Å²) in [6, 6.07) is 16.5. The van der Waals surface area contributed by atoms with Crippen molar-refractivity contribution in [2.45, 2.75) is 19.4 Å². The maximum atomic E-state index is 6.04. The van der Waals surface area contributed by atoms with Crippen LogP contribution in [0.25, 0.3) is 0 Å². The lowest BCUT2D eigenvalue weighted by atomic mass is 10.0. The summed E-state index contributed by atoms with van der Waals surface area (Å²) >= 11 is 9.52. The van der Waals surface area contributed by atoms with Crippen LogP contribution in [0.2, 0.25) is 5.02 Å². The van der Waals surface area contributed by atoms with Crippen LogP contribution >= 0.6 is 27.5 Å². The molecule has 1 unspecified atom stereocenters. The third-order valence-electron chi connectivity index (χ3n) is 2.82. The Morgan fingerprint density at radius 3 is 2.61 bits per heavy atom. The molecule has 0 fully saturated rings. The fraction of sp³-hybridized carbons (Fsp3) is 0.200. The first-order valence-corrected chi connectivity index (χ1v) is 7.13. The summed E-state index contributed by atoms with van der Waals surface area (Å²) in [7, 11) is 0. The maximum Gasteiger partial charge on any atom is 0.0511 e. The molecule has 94 valence electrons. The van der Waals surface area contributed by atoms with E-state index in [9.17, 15) is 0 Å². The molecule has 2 rings (SSSR count). The van der Waals surface area contributed by atoms with Gasteiger partial charge in [0.15, 0.2) is 0 Å². The van der Waals surface area contributed by atoms with E-state index in [4.69, 9.17) is 11.6 Å². The third-order valence-corrected chi connectivity index (χ3v) is 3.55. The van der Waals surface area contributed by atoms with Gasteiger partial charge in [-0.1, -0.05) is 52.7 Å². The molecule has 0 saturated carbocycles. The van der Waals surface area contributed by atoms with Gasteiger partial charge in [0.1, 0.15) is 0 Å². The minimum atomic E-state index is 0.276. The summed E-state index contributed by atoms with van der Waals surface area (Å²) in [4.78, 5) is 0. The third kappa shape index (κ3) is 3.50. The highest BCUT2D eigenvalue weighted by Gasteiger charge is 2.09. The summed E-state index contributed by atoms with van der Waals surface area (Å²) in [5.74, 6) is 0.